The van der Waals surface area contributed by atoms with E-state index < -0.39 is 63.1 Å². The van der Waals surface area contributed by atoms with Gasteiger partial charge in [-0.1, -0.05) is 33.6 Å². The van der Waals surface area contributed by atoms with Gasteiger partial charge in [0, 0.05) is 11.5 Å². The normalized spacial score (nSPS) is 34.7. The van der Waals surface area contributed by atoms with Crippen LogP contribution in [0.4, 0.5) is 4.79 Å². The van der Waals surface area contributed by atoms with Crippen LogP contribution in [0.25, 0.3) is 0 Å². The third-order valence-electron chi connectivity index (χ3n) is 7.92. The van der Waals surface area contributed by atoms with Gasteiger partial charge in [0.2, 0.25) is 11.8 Å². The van der Waals surface area contributed by atoms with Crippen LogP contribution >= 0.6 is 39.1 Å². The summed E-state index contributed by atoms with van der Waals surface area (Å²) in [6.07, 6.45) is 0.391. The fourth-order valence-corrected chi connectivity index (χ4v) is 7.75. The zero-order chi connectivity index (χ0) is 27.0. The lowest BCUT2D eigenvalue weighted by molar-refractivity contribution is -0.140. The molecule has 4 aliphatic rings. The Morgan fingerprint density at radius 2 is 1.84 bits per heavy atom. The predicted octanol–water partition coefficient (Wildman–Crippen LogP) is 2.88. The summed E-state index contributed by atoms with van der Waals surface area (Å²) in [5.41, 5.74) is 0.401. The van der Waals surface area contributed by atoms with Crippen LogP contribution in [0.2, 0.25) is 0 Å². The van der Waals surface area contributed by atoms with Gasteiger partial charge in [-0.05, 0) is 30.9 Å². The summed E-state index contributed by atoms with van der Waals surface area (Å²) in [5, 5.41) is 11.0. The van der Waals surface area contributed by atoms with Crippen LogP contribution in [0, 0.1) is 17.8 Å². The van der Waals surface area contributed by atoms with E-state index in [2.05, 4.69) is 20.7 Å². The smallest absolute Gasteiger partial charge is 0.423 e. The van der Waals surface area contributed by atoms with E-state index in [9.17, 15) is 29.1 Å². The first-order chi connectivity index (χ1) is 17.5. The fourth-order valence-electron chi connectivity index (χ4n) is 6.34. The number of ether oxygens (including phenoxy) is 2. The van der Waals surface area contributed by atoms with E-state index in [1.165, 1.54) is 19.2 Å². The lowest BCUT2D eigenvalue weighted by Crippen LogP contribution is -2.60. The zero-order valence-corrected chi connectivity index (χ0v) is 22.7. The highest BCUT2D eigenvalue weighted by Crippen LogP contribution is 2.67. The van der Waals surface area contributed by atoms with Crippen molar-refractivity contribution in [3.8, 4) is 11.5 Å². The van der Waals surface area contributed by atoms with Crippen molar-refractivity contribution >= 4 is 68.9 Å². The van der Waals surface area contributed by atoms with Gasteiger partial charge in [-0.3, -0.25) is 24.1 Å². The highest BCUT2D eigenvalue weighted by Gasteiger charge is 2.77. The highest BCUT2D eigenvalue weighted by molar-refractivity contribution is 9.09. The molecule has 2 aliphatic heterocycles. The summed E-state index contributed by atoms with van der Waals surface area (Å²) >= 11 is 17.3. The molecule has 5 amide bonds. The van der Waals surface area contributed by atoms with E-state index in [0.717, 1.165) is 12.0 Å². The van der Waals surface area contributed by atoms with Crippen molar-refractivity contribution in [3.63, 3.8) is 0 Å². The minimum absolute atomic E-state index is 0.0630. The molecule has 37 heavy (non-hydrogen) atoms. The molecule has 0 radical (unpaired) electrons. The molecule has 6 unspecified atom stereocenters. The minimum atomic E-state index is -2.09. The number of carbonyl (C=O) groups excluding carboxylic acids is 5. The Hall–Kier alpha value is -2.63. The maximum absolute atomic E-state index is 13.7. The fraction of sp³-hybridized carbons (Fsp3) is 0.458. The van der Waals surface area contributed by atoms with Crippen LogP contribution in [0.1, 0.15) is 24.3 Å². The first-order valence-corrected chi connectivity index (χ1v) is 13.2. The molecule has 3 fully saturated rings. The van der Waals surface area contributed by atoms with Crippen LogP contribution in [-0.2, 0) is 23.9 Å². The molecular weight excluding hydrogens is 595 g/mol. The number of allylic oxidation sites excluding steroid dienone is 2. The molecule has 2 aliphatic carbocycles. The quantitative estimate of drug-likeness (QED) is 0.238. The second-order valence-electron chi connectivity index (χ2n) is 9.36. The molecule has 1 saturated carbocycles. The standard InChI is InChI=1S/C24H21BrCl2N2O8/c1-36-14-5-3-4-13(30)16(14)17-10-6-7-11-15(19(32)29(18(11)31)22(35)37-2)12(10)8-23(26)20(33)28(9-25)21(34)24(17,23)27/h3-6,11-12,15,17,30H,7-9H2,1-2H3. The maximum atomic E-state index is 13.7. The lowest BCUT2D eigenvalue weighted by Gasteiger charge is -2.50. The largest absolute Gasteiger partial charge is 0.508 e. The molecule has 196 valence electrons. The zero-order valence-electron chi connectivity index (χ0n) is 19.6. The lowest BCUT2D eigenvalue weighted by atomic mass is 9.56. The number of phenols is 1. The van der Waals surface area contributed by atoms with Crippen LogP contribution in [0.3, 0.4) is 0 Å². The first-order valence-electron chi connectivity index (χ1n) is 11.3. The monoisotopic (exact) mass is 614 g/mol. The van der Waals surface area contributed by atoms with E-state index in [4.69, 9.17) is 27.9 Å². The topological polar surface area (TPSA) is 131 Å². The van der Waals surface area contributed by atoms with Crippen LogP contribution in [-0.4, -0.2) is 74.1 Å². The summed E-state index contributed by atoms with van der Waals surface area (Å²) < 4.78 is 10.1. The second kappa shape index (κ2) is 8.71. The number of fused-ring (bicyclic) bond motifs is 4. The van der Waals surface area contributed by atoms with Crippen molar-refractivity contribution in [1.29, 1.82) is 0 Å². The molecule has 2 heterocycles. The first kappa shape index (κ1) is 26.0. The van der Waals surface area contributed by atoms with Gasteiger partial charge in [-0.15, -0.1) is 23.2 Å². The molecule has 0 bridgehead atoms. The third-order valence-corrected chi connectivity index (χ3v) is 9.84. The van der Waals surface area contributed by atoms with Crippen LogP contribution < -0.4 is 4.74 Å². The average Bonchev–Trinajstić information content (AvgIpc) is 3.22. The van der Waals surface area contributed by atoms with Gasteiger partial charge in [0.25, 0.3) is 11.8 Å². The van der Waals surface area contributed by atoms with Gasteiger partial charge in [-0.2, -0.15) is 4.90 Å². The summed E-state index contributed by atoms with van der Waals surface area (Å²) in [5.74, 6) is -7.09. The summed E-state index contributed by atoms with van der Waals surface area (Å²) in [6.45, 7) is 0. The second-order valence-corrected chi connectivity index (χ2v) is 11.1. The average molecular weight is 616 g/mol. The number of rotatable bonds is 3. The van der Waals surface area contributed by atoms with E-state index in [0.29, 0.717) is 10.5 Å². The number of halogens is 3. The summed E-state index contributed by atoms with van der Waals surface area (Å²) in [7, 11) is 2.43. The Balaban J connectivity index is 1.76. The van der Waals surface area contributed by atoms with E-state index >= 15 is 0 Å². The van der Waals surface area contributed by atoms with Crippen molar-refractivity contribution in [3.05, 3.63) is 35.4 Å². The molecule has 1 aromatic rings. The number of amides is 5. The van der Waals surface area contributed by atoms with Crippen molar-refractivity contribution in [2.45, 2.75) is 28.5 Å². The Kier molecular flexibility index (Phi) is 6.12. The minimum Gasteiger partial charge on any atom is -0.508 e. The number of alkyl halides is 3. The molecule has 0 spiro atoms. The number of nitrogens with zero attached hydrogens (tertiary/aromatic N) is 2. The van der Waals surface area contributed by atoms with E-state index in [-0.39, 0.29) is 35.4 Å². The van der Waals surface area contributed by atoms with Gasteiger partial charge < -0.3 is 14.6 Å². The van der Waals surface area contributed by atoms with Gasteiger partial charge >= 0.3 is 6.09 Å². The highest BCUT2D eigenvalue weighted by atomic mass is 79.9. The number of hydrogen-bond donors (Lipinski definition) is 1. The molecule has 10 nitrogen and oxygen atoms in total. The van der Waals surface area contributed by atoms with Gasteiger partial charge in [0.05, 0.1) is 31.5 Å². The van der Waals surface area contributed by atoms with Crippen molar-refractivity contribution in [1.82, 2.24) is 9.80 Å². The third kappa shape index (κ3) is 3.13. The van der Waals surface area contributed by atoms with E-state index in [1.54, 1.807) is 12.1 Å². The maximum Gasteiger partial charge on any atom is 0.423 e. The number of hydrogen-bond acceptors (Lipinski definition) is 8. The molecule has 1 N–H and O–H groups in total. The molecule has 1 aromatic carbocycles. The van der Waals surface area contributed by atoms with Gasteiger partial charge in [-0.25, -0.2) is 4.79 Å². The number of benzene rings is 1. The molecule has 2 saturated heterocycles. The Morgan fingerprint density at radius 1 is 1.14 bits per heavy atom. The Morgan fingerprint density at radius 3 is 2.46 bits per heavy atom. The van der Waals surface area contributed by atoms with Crippen molar-refractivity contribution in [2.24, 2.45) is 17.8 Å². The molecule has 6 atom stereocenters. The Bertz CT molecular complexity index is 1300. The van der Waals surface area contributed by atoms with Gasteiger partial charge in [0.15, 0.2) is 9.75 Å². The van der Waals surface area contributed by atoms with E-state index in [1.807, 2.05) is 0 Å². The number of carbonyl (C=O) groups is 5. The predicted molar refractivity (Wildman–Crippen MR) is 132 cm³/mol. The molecule has 5 rings (SSSR count). The molecule has 13 heteroatoms. The van der Waals surface area contributed by atoms with Crippen LogP contribution in [0.15, 0.2) is 29.8 Å². The number of imide groups is 4. The van der Waals surface area contributed by atoms with Gasteiger partial charge in [0.1, 0.15) is 11.5 Å². The Labute approximate surface area is 229 Å². The molecular formula is C24H21BrCl2N2O8. The number of likely N-dealkylation sites (tertiary alicyclic amines) is 2. The summed E-state index contributed by atoms with van der Waals surface area (Å²) in [6, 6.07) is 4.49. The van der Waals surface area contributed by atoms with Crippen LogP contribution in [0.5, 0.6) is 11.5 Å². The number of phenolic OH excluding ortho intramolecular Hbond substituents is 1. The molecule has 0 aromatic heterocycles. The number of aromatic hydroxyl groups is 1. The van der Waals surface area contributed by atoms with Crippen molar-refractivity contribution < 1.29 is 38.6 Å². The summed E-state index contributed by atoms with van der Waals surface area (Å²) in [4.78, 5) is 63.3. The van der Waals surface area contributed by atoms with Crippen molar-refractivity contribution in [2.75, 3.05) is 19.7 Å². The number of methoxy groups -OCH3 is 2. The SMILES string of the molecule is COC(=O)N1C(=O)C2CC=C3C(CC4(Cl)C(=O)N(CBr)C(=O)C4(Cl)C3c3c(O)cccc3OC)C2C1=O.